The lowest BCUT2D eigenvalue weighted by Gasteiger charge is -2.12. The predicted molar refractivity (Wildman–Crippen MR) is 127 cm³/mol. The zero-order valence-corrected chi connectivity index (χ0v) is 18.9. The van der Waals surface area contributed by atoms with Crippen molar-refractivity contribution >= 4 is 17.7 Å². The first-order chi connectivity index (χ1) is 15.5. The van der Waals surface area contributed by atoms with Crippen LogP contribution in [0.2, 0.25) is 0 Å². The van der Waals surface area contributed by atoms with E-state index in [1.807, 2.05) is 62.4 Å². The molecule has 1 heterocycles. The van der Waals surface area contributed by atoms with Crippen LogP contribution in [0.4, 0.5) is 5.69 Å². The Morgan fingerprint density at radius 2 is 1.81 bits per heavy atom. The van der Waals surface area contributed by atoms with Gasteiger partial charge in [0, 0.05) is 13.1 Å². The van der Waals surface area contributed by atoms with Gasteiger partial charge in [-0.2, -0.15) is 0 Å². The summed E-state index contributed by atoms with van der Waals surface area (Å²) in [4.78, 5) is 25.5. The first-order valence-corrected chi connectivity index (χ1v) is 10.7. The number of ether oxygens (including phenoxy) is 2. The molecule has 168 valence electrons. The number of para-hydroxylation sites is 1. The number of carbonyl (C=O) groups is 1. The average Bonchev–Trinajstić information content (AvgIpc) is 3.01. The summed E-state index contributed by atoms with van der Waals surface area (Å²) in [7, 11) is 1.78. The van der Waals surface area contributed by atoms with E-state index < -0.39 is 0 Å². The fourth-order valence-electron chi connectivity index (χ4n) is 3.28. The molecule has 0 aliphatic rings. The summed E-state index contributed by atoms with van der Waals surface area (Å²) >= 11 is 0. The maximum absolute atomic E-state index is 12.9. The molecule has 3 rings (SSSR count). The van der Waals surface area contributed by atoms with Crippen molar-refractivity contribution in [3.63, 3.8) is 0 Å². The maximum atomic E-state index is 12.9. The summed E-state index contributed by atoms with van der Waals surface area (Å²) in [6, 6.07) is 14.8. The lowest BCUT2D eigenvalue weighted by Crippen LogP contribution is -2.22. The zero-order chi connectivity index (χ0) is 23.1. The highest BCUT2D eigenvalue weighted by atomic mass is 16.5. The van der Waals surface area contributed by atoms with E-state index in [-0.39, 0.29) is 17.2 Å². The van der Waals surface area contributed by atoms with Gasteiger partial charge in [-0.1, -0.05) is 31.2 Å². The van der Waals surface area contributed by atoms with E-state index in [4.69, 9.17) is 9.47 Å². The Balaban J connectivity index is 1.79. The van der Waals surface area contributed by atoms with Crippen LogP contribution in [0.1, 0.15) is 31.5 Å². The van der Waals surface area contributed by atoms with Gasteiger partial charge in [0.25, 0.3) is 5.56 Å². The molecular formula is C25H29N3O4. The van der Waals surface area contributed by atoms with Crippen LogP contribution in [0.15, 0.2) is 59.4 Å². The number of nitrogens with one attached hydrogen (secondary N) is 1. The van der Waals surface area contributed by atoms with Crippen molar-refractivity contribution in [2.75, 3.05) is 18.5 Å². The molecule has 1 amide bonds. The van der Waals surface area contributed by atoms with Gasteiger partial charge in [0.15, 0.2) is 11.5 Å². The molecule has 0 atom stereocenters. The third-order valence-electron chi connectivity index (χ3n) is 4.96. The van der Waals surface area contributed by atoms with E-state index in [1.54, 1.807) is 24.7 Å². The summed E-state index contributed by atoms with van der Waals surface area (Å²) < 4.78 is 14.6. The van der Waals surface area contributed by atoms with Gasteiger partial charge in [0.1, 0.15) is 5.69 Å². The van der Waals surface area contributed by atoms with Crippen molar-refractivity contribution in [1.29, 1.82) is 0 Å². The molecule has 0 aliphatic carbocycles. The summed E-state index contributed by atoms with van der Waals surface area (Å²) in [6.07, 6.45) is 3.98. The minimum atomic E-state index is -0.389. The summed E-state index contributed by atoms with van der Waals surface area (Å²) in [5, 5.41) is 2.72. The number of anilines is 1. The molecule has 0 bridgehead atoms. The van der Waals surface area contributed by atoms with Gasteiger partial charge in [-0.15, -0.1) is 0 Å². The average molecular weight is 436 g/mol. The molecule has 0 saturated heterocycles. The van der Waals surface area contributed by atoms with Crippen LogP contribution in [0, 0.1) is 6.92 Å². The van der Waals surface area contributed by atoms with Gasteiger partial charge in [-0.05, 0) is 56.2 Å². The molecule has 7 heteroatoms. The van der Waals surface area contributed by atoms with E-state index in [0.29, 0.717) is 30.4 Å². The Hall–Kier alpha value is -3.74. The molecule has 0 unspecified atom stereocenters. The first kappa shape index (κ1) is 22.9. The number of rotatable bonds is 9. The van der Waals surface area contributed by atoms with E-state index in [9.17, 15) is 9.59 Å². The van der Waals surface area contributed by atoms with E-state index >= 15 is 0 Å². The monoisotopic (exact) mass is 435 g/mol. The highest BCUT2D eigenvalue weighted by Gasteiger charge is 2.17. The van der Waals surface area contributed by atoms with E-state index in [1.165, 1.54) is 10.8 Å². The molecule has 1 aromatic heterocycles. The fourth-order valence-corrected chi connectivity index (χ4v) is 3.28. The third kappa shape index (κ3) is 5.11. The van der Waals surface area contributed by atoms with E-state index in [0.717, 1.165) is 17.7 Å². The van der Waals surface area contributed by atoms with Gasteiger partial charge in [-0.3, -0.25) is 14.3 Å². The quantitative estimate of drug-likeness (QED) is 0.508. The third-order valence-corrected chi connectivity index (χ3v) is 4.96. The van der Waals surface area contributed by atoms with Crippen LogP contribution in [0.5, 0.6) is 11.5 Å². The molecule has 1 N–H and O–H groups in total. The van der Waals surface area contributed by atoms with Crippen LogP contribution >= 0.6 is 0 Å². The number of amides is 1. The summed E-state index contributed by atoms with van der Waals surface area (Å²) in [6.45, 7) is 6.86. The molecule has 32 heavy (non-hydrogen) atoms. The van der Waals surface area contributed by atoms with Crippen molar-refractivity contribution in [2.45, 2.75) is 27.2 Å². The SMILES string of the molecule is CCCOc1ccc(/C=C/C(=O)Nc2c(C)n(C)n(-c3ccccc3)c2=O)cc1OCC. The topological polar surface area (TPSA) is 74.5 Å². The standard InChI is InChI=1S/C25H29N3O4/c1-5-16-32-21-14-12-19(17-22(21)31-6-2)13-15-23(29)26-24-18(3)27(4)28(25(24)30)20-10-8-7-9-11-20/h7-15,17H,5-6,16H2,1-4H3,(H,26,29)/b15-13+. The minimum Gasteiger partial charge on any atom is -0.490 e. The van der Waals surface area contributed by atoms with Crippen LogP contribution < -0.4 is 20.3 Å². The normalized spacial score (nSPS) is 11.0. The smallest absolute Gasteiger partial charge is 0.295 e. The number of carbonyl (C=O) groups excluding carboxylic acids is 1. The predicted octanol–water partition coefficient (Wildman–Crippen LogP) is 4.32. The fraction of sp³-hybridized carbons (Fsp3) is 0.280. The van der Waals surface area contributed by atoms with Gasteiger partial charge in [-0.25, -0.2) is 4.68 Å². The second kappa shape index (κ2) is 10.5. The lowest BCUT2D eigenvalue weighted by molar-refractivity contribution is -0.111. The van der Waals surface area contributed by atoms with Crippen molar-refractivity contribution in [2.24, 2.45) is 7.05 Å². The molecule has 0 aliphatic heterocycles. The number of hydrogen-bond donors (Lipinski definition) is 1. The molecule has 0 spiro atoms. The van der Waals surface area contributed by atoms with Crippen LogP contribution in [-0.4, -0.2) is 28.5 Å². The van der Waals surface area contributed by atoms with Gasteiger partial charge in [0.05, 0.1) is 24.6 Å². The molecular weight excluding hydrogens is 406 g/mol. The van der Waals surface area contributed by atoms with Crippen LogP contribution in [0.25, 0.3) is 11.8 Å². The largest absolute Gasteiger partial charge is 0.490 e. The van der Waals surface area contributed by atoms with Crippen LogP contribution in [-0.2, 0) is 11.8 Å². The summed E-state index contributed by atoms with van der Waals surface area (Å²) in [5.41, 5.74) is 2.15. The lowest BCUT2D eigenvalue weighted by atomic mass is 10.2. The Morgan fingerprint density at radius 1 is 1.06 bits per heavy atom. The number of aromatic nitrogens is 2. The van der Waals surface area contributed by atoms with E-state index in [2.05, 4.69) is 5.32 Å². The minimum absolute atomic E-state index is 0.254. The zero-order valence-electron chi connectivity index (χ0n) is 18.9. The number of nitrogens with zero attached hydrogens (tertiary/aromatic N) is 2. The highest BCUT2D eigenvalue weighted by Crippen LogP contribution is 2.29. The van der Waals surface area contributed by atoms with Crippen molar-refractivity contribution < 1.29 is 14.3 Å². The highest BCUT2D eigenvalue weighted by molar-refractivity contribution is 6.02. The first-order valence-electron chi connectivity index (χ1n) is 10.7. The Kier molecular flexibility index (Phi) is 7.54. The summed E-state index contributed by atoms with van der Waals surface area (Å²) in [5.74, 6) is 0.921. The van der Waals surface area contributed by atoms with Crippen molar-refractivity contribution in [3.8, 4) is 17.2 Å². The number of benzene rings is 2. The molecule has 2 aromatic carbocycles. The molecule has 0 radical (unpaired) electrons. The Morgan fingerprint density at radius 3 is 2.50 bits per heavy atom. The number of hydrogen-bond acceptors (Lipinski definition) is 4. The Bertz CT molecular complexity index is 1160. The molecule has 0 fully saturated rings. The Labute approximate surface area is 187 Å². The molecule has 3 aromatic rings. The second-order valence-electron chi connectivity index (χ2n) is 7.25. The molecule has 0 saturated carbocycles. The molecule has 7 nitrogen and oxygen atoms in total. The maximum Gasteiger partial charge on any atom is 0.295 e. The second-order valence-corrected chi connectivity index (χ2v) is 7.25. The van der Waals surface area contributed by atoms with Gasteiger partial charge >= 0.3 is 0 Å². The van der Waals surface area contributed by atoms with Gasteiger partial charge in [0.2, 0.25) is 5.91 Å². The van der Waals surface area contributed by atoms with Gasteiger partial charge < -0.3 is 14.8 Å². The van der Waals surface area contributed by atoms with Crippen molar-refractivity contribution in [1.82, 2.24) is 9.36 Å². The van der Waals surface area contributed by atoms with Crippen LogP contribution in [0.3, 0.4) is 0 Å². The van der Waals surface area contributed by atoms with Crippen molar-refractivity contribution in [3.05, 3.63) is 76.2 Å².